The van der Waals surface area contributed by atoms with Crippen molar-refractivity contribution in [2.45, 2.75) is 31.8 Å². The summed E-state index contributed by atoms with van der Waals surface area (Å²) in [6, 6.07) is 8.35. The van der Waals surface area contributed by atoms with E-state index in [0.717, 1.165) is 42.9 Å². The van der Waals surface area contributed by atoms with Crippen LogP contribution >= 0.6 is 0 Å². The van der Waals surface area contributed by atoms with Crippen LogP contribution in [0.25, 0.3) is 5.78 Å². The SMILES string of the molecule is NCC(=O)N1CCc2cccc(OC[C@H]3CCCN3c3ccnc4ncnn34)c2C1. The van der Waals surface area contributed by atoms with Crippen LogP contribution in [0.4, 0.5) is 5.82 Å². The number of rotatable bonds is 5. The van der Waals surface area contributed by atoms with Gasteiger partial charge in [-0.05, 0) is 37.0 Å². The highest BCUT2D eigenvalue weighted by Gasteiger charge is 2.28. The molecule has 3 aromatic rings. The molecule has 30 heavy (non-hydrogen) atoms. The van der Waals surface area contributed by atoms with Crippen molar-refractivity contribution < 1.29 is 9.53 Å². The predicted molar refractivity (Wildman–Crippen MR) is 111 cm³/mol. The van der Waals surface area contributed by atoms with Gasteiger partial charge in [-0.2, -0.15) is 14.6 Å². The maximum atomic E-state index is 12.1. The van der Waals surface area contributed by atoms with Crippen LogP contribution in [0.3, 0.4) is 0 Å². The fourth-order valence-corrected chi connectivity index (χ4v) is 4.47. The number of aromatic nitrogens is 4. The number of fused-ring (bicyclic) bond motifs is 2. The number of carbonyl (C=O) groups excluding carboxylic acids is 1. The number of amides is 1. The van der Waals surface area contributed by atoms with Gasteiger partial charge in [0.1, 0.15) is 24.5 Å². The molecule has 2 aromatic heterocycles. The molecule has 0 radical (unpaired) electrons. The van der Waals surface area contributed by atoms with Gasteiger partial charge in [-0.3, -0.25) is 4.79 Å². The number of anilines is 1. The van der Waals surface area contributed by atoms with Gasteiger partial charge in [0.05, 0.1) is 12.6 Å². The number of hydrogen-bond donors (Lipinski definition) is 1. The van der Waals surface area contributed by atoms with Gasteiger partial charge in [0.25, 0.3) is 5.78 Å². The van der Waals surface area contributed by atoms with E-state index in [1.165, 1.54) is 11.9 Å². The zero-order valence-corrected chi connectivity index (χ0v) is 16.8. The third kappa shape index (κ3) is 3.35. The summed E-state index contributed by atoms with van der Waals surface area (Å²) in [7, 11) is 0. The zero-order valence-electron chi connectivity index (χ0n) is 16.8. The molecular formula is C21H25N7O2. The molecule has 0 saturated carbocycles. The maximum Gasteiger partial charge on any atom is 0.254 e. The van der Waals surface area contributed by atoms with E-state index >= 15 is 0 Å². The molecule has 1 fully saturated rings. The van der Waals surface area contributed by atoms with E-state index in [9.17, 15) is 4.79 Å². The Bertz CT molecular complexity index is 1070. The molecule has 0 aliphatic carbocycles. The highest BCUT2D eigenvalue weighted by Crippen LogP contribution is 2.30. The average molecular weight is 407 g/mol. The topological polar surface area (TPSA) is 102 Å². The number of nitrogens with zero attached hydrogens (tertiary/aromatic N) is 6. The molecule has 4 heterocycles. The summed E-state index contributed by atoms with van der Waals surface area (Å²) in [5.41, 5.74) is 7.90. The average Bonchev–Trinajstić information content (AvgIpc) is 3.46. The Morgan fingerprint density at radius 1 is 1.23 bits per heavy atom. The molecule has 1 amide bonds. The Balaban J connectivity index is 1.34. The fourth-order valence-electron chi connectivity index (χ4n) is 4.47. The van der Waals surface area contributed by atoms with Crippen LogP contribution in [-0.2, 0) is 17.8 Å². The van der Waals surface area contributed by atoms with Gasteiger partial charge >= 0.3 is 0 Å². The summed E-state index contributed by atoms with van der Waals surface area (Å²) in [6.07, 6.45) is 6.27. The number of carbonyl (C=O) groups is 1. The molecule has 2 N–H and O–H groups in total. The van der Waals surface area contributed by atoms with Crippen molar-refractivity contribution in [2.24, 2.45) is 5.73 Å². The smallest absolute Gasteiger partial charge is 0.254 e. The Kier molecular flexibility index (Phi) is 4.96. The van der Waals surface area contributed by atoms with Crippen molar-refractivity contribution in [1.29, 1.82) is 0 Å². The van der Waals surface area contributed by atoms with Crippen molar-refractivity contribution >= 4 is 17.5 Å². The van der Waals surface area contributed by atoms with Crippen molar-refractivity contribution in [3.63, 3.8) is 0 Å². The minimum Gasteiger partial charge on any atom is -0.491 e. The molecule has 1 atom stereocenters. The van der Waals surface area contributed by atoms with Crippen molar-refractivity contribution in [1.82, 2.24) is 24.5 Å². The van der Waals surface area contributed by atoms with Gasteiger partial charge in [0.2, 0.25) is 5.91 Å². The van der Waals surface area contributed by atoms with Gasteiger partial charge in [-0.15, -0.1) is 0 Å². The van der Waals surface area contributed by atoms with Gasteiger partial charge in [-0.1, -0.05) is 12.1 Å². The molecule has 1 aromatic carbocycles. The minimum atomic E-state index is -0.0213. The van der Waals surface area contributed by atoms with E-state index in [2.05, 4.69) is 26.0 Å². The first-order valence-electron chi connectivity index (χ1n) is 10.4. The van der Waals surface area contributed by atoms with E-state index in [1.54, 1.807) is 10.7 Å². The normalized spacial score (nSPS) is 18.6. The van der Waals surface area contributed by atoms with E-state index < -0.39 is 0 Å². The third-order valence-corrected chi connectivity index (χ3v) is 6.02. The maximum absolute atomic E-state index is 12.1. The van der Waals surface area contributed by atoms with Gasteiger partial charge < -0.3 is 20.3 Å². The second kappa shape index (κ2) is 7.91. The lowest BCUT2D eigenvalue weighted by atomic mass is 9.98. The van der Waals surface area contributed by atoms with Gasteiger partial charge in [0, 0.05) is 31.4 Å². The highest BCUT2D eigenvalue weighted by atomic mass is 16.5. The minimum absolute atomic E-state index is 0.0213. The highest BCUT2D eigenvalue weighted by molar-refractivity contribution is 5.78. The lowest BCUT2D eigenvalue weighted by molar-refractivity contribution is -0.130. The van der Waals surface area contributed by atoms with Crippen LogP contribution in [0.5, 0.6) is 5.75 Å². The van der Waals surface area contributed by atoms with Crippen LogP contribution in [0.15, 0.2) is 36.8 Å². The summed E-state index contributed by atoms with van der Waals surface area (Å²) >= 11 is 0. The second-order valence-corrected chi connectivity index (χ2v) is 7.74. The van der Waals surface area contributed by atoms with Crippen molar-refractivity contribution in [3.8, 4) is 5.75 Å². The van der Waals surface area contributed by atoms with Crippen LogP contribution in [-0.4, -0.2) is 62.7 Å². The van der Waals surface area contributed by atoms with Crippen molar-refractivity contribution in [2.75, 3.05) is 31.1 Å². The summed E-state index contributed by atoms with van der Waals surface area (Å²) in [5.74, 6) is 2.42. The number of hydrogen-bond acceptors (Lipinski definition) is 7. The van der Waals surface area contributed by atoms with E-state index in [0.29, 0.717) is 25.5 Å². The first kappa shape index (κ1) is 18.8. The summed E-state index contributed by atoms with van der Waals surface area (Å²) in [5, 5.41) is 4.32. The largest absolute Gasteiger partial charge is 0.491 e. The molecule has 156 valence electrons. The summed E-state index contributed by atoms with van der Waals surface area (Å²) < 4.78 is 8.10. The monoisotopic (exact) mass is 407 g/mol. The quantitative estimate of drug-likeness (QED) is 0.674. The summed E-state index contributed by atoms with van der Waals surface area (Å²) in [6.45, 7) is 2.81. The lowest BCUT2D eigenvalue weighted by Crippen LogP contribution is -2.40. The van der Waals surface area contributed by atoms with Crippen LogP contribution in [0, 0.1) is 0 Å². The van der Waals surface area contributed by atoms with Gasteiger partial charge in [-0.25, -0.2) is 4.98 Å². The van der Waals surface area contributed by atoms with E-state index in [-0.39, 0.29) is 18.5 Å². The van der Waals surface area contributed by atoms with Crippen LogP contribution in [0.2, 0.25) is 0 Å². The fraction of sp³-hybridized carbons (Fsp3) is 0.429. The first-order chi connectivity index (χ1) is 14.7. The molecule has 0 spiro atoms. The number of benzene rings is 1. The Labute approximate surface area is 174 Å². The zero-order chi connectivity index (χ0) is 20.5. The van der Waals surface area contributed by atoms with E-state index in [1.807, 2.05) is 23.1 Å². The van der Waals surface area contributed by atoms with E-state index in [4.69, 9.17) is 10.5 Å². The first-order valence-corrected chi connectivity index (χ1v) is 10.4. The molecular weight excluding hydrogens is 382 g/mol. The molecule has 0 unspecified atom stereocenters. The molecule has 0 bridgehead atoms. The number of nitrogens with two attached hydrogens (primary N) is 1. The van der Waals surface area contributed by atoms with Gasteiger partial charge in [0.15, 0.2) is 0 Å². The molecule has 9 heteroatoms. The standard InChI is InChI=1S/C21H25N7O2/c22-11-20(29)26-10-7-15-3-1-5-18(17(15)12-26)30-13-16-4-2-9-27(16)19-6-8-23-21-24-14-25-28(19)21/h1,3,5-6,8,14,16H,2,4,7,9-13,22H2/t16-/m1/s1. The lowest BCUT2D eigenvalue weighted by Gasteiger charge is -2.31. The number of ether oxygens (including phenoxy) is 1. The molecule has 1 saturated heterocycles. The predicted octanol–water partition coefficient (Wildman–Crippen LogP) is 1.02. The third-order valence-electron chi connectivity index (χ3n) is 6.02. The Morgan fingerprint density at radius 3 is 3.07 bits per heavy atom. The molecule has 5 rings (SSSR count). The summed E-state index contributed by atoms with van der Waals surface area (Å²) in [4.78, 5) is 24.7. The Hall–Kier alpha value is -3.20. The van der Waals surface area contributed by atoms with Crippen molar-refractivity contribution in [3.05, 3.63) is 47.9 Å². The molecule has 2 aliphatic rings. The second-order valence-electron chi connectivity index (χ2n) is 7.74. The Morgan fingerprint density at radius 2 is 2.17 bits per heavy atom. The molecule has 2 aliphatic heterocycles. The van der Waals surface area contributed by atoms with Crippen LogP contribution in [0.1, 0.15) is 24.0 Å². The molecule has 9 nitrogen and oxygen atoms in total. The van der Waals surface area contributed by atoms with Crippen LogP contribution < -0.4 is 15.4 Å².